The van der Waals surface area contributed by atoms with Crippen LogP contribution in [0.2, 0.25) is 0 Å². The third kappa shape index (κ3) is 5.96. The fourth-order valence-corrected chi connectivity index (χ4v) is 11.6. The monoisotopic (exact) mass is 762 g/mol. The van der Waals surface area contributed by atoms with E-state index < -0.39 is 5.66 Å². The first-order chi connectivity index (χ1) is 28.5. The summed E-state index contributed by atoms with van der Waals surface area (Å²) in [6, 6.07) is 40.4. The number of para-hydroxylation sites is 1. The summed E-state index contributed by atoms with van der Waals surface area (Å²) in [5.74, 6) is 3.59. The molecule has 4 aromatic carbocycles. The smallest absolute Gasteiger partial charge is 0.132 e. The molecule has 11 rings (SSSR count). The van der Waals surface area contributed by atoms with Crippen LogP contribution in [0.25, 0.3) is 0 Å². The third-order valence-corrected chi connectivity index (χ3v) is 14.3. The topological polar surface area (TPSA) is 48.9 Å². The first kappa shape index (κ1) is 35.7. The van der Waals surface area contributed by atoms with E-state index in [1.165, 1.54) is 65.9 Å². The summed E-state index contributed by atoms with van der Waals surface area (Å²) in [6.45, 7) is 4.83. The second kappa shape index (κ2) is 14.5. The minimum Gasteiger partial charge on any atom is -0.493 e. The molecule has 7 aliphatic rings. The summed E-state index contributed by atoms with van der Waals surface area (Å²) in [5, 5.41) is 8.09. The lowest BCUT2D eigenvalue weighted by molar-refractivity contribution is 0.0358. The van der Waals surface area contributed by atoms with Gasteiger partial charge in [-0.1, -0.05) is 134 Å². The van der Waals surface area contributed by atoms with E-state index in [0.29, 0.717) is 23.8 Å². The molecule has 0 amide bonds. The van der Waals surface area contributed by atoms with E-state index in [4.69, 9.17) is 9.73 Å². The van der Waals surface area contributed by atoms with Gasteiger partial charge in [0, 0.05) is 52.3 Å². The van der Waals surface area contributed by atoms with Crippen molar-refractivity contribution >= 4 is 11.5 Å². The number of nitrogens with one attached hydrogen (secondary N) is 2. The number of fused-ring (bicyclic) bond motifs is 5. The zero-order valence-corrected chi connectivity index (χ0v) is 33.8. The lowest BCUT2D eigenvalue weighted by atomic mass is 9.65. The second-order valence-corrected chi connectivity index (χ2v) is 17.8. The number of amidine groups is 1. The molecule has 5 nitrogen and oxygen atoms in total. The van der Waals surface area contributed by atoms with E-state index in [-0.39, 0.29) is 18.2 Å². The minimum atomic E-state index is -0.622. The highest BCUT2D eigenvalue weighted by Gasteiger charge is 2.53. The second-order valence-electron chi connectivity index (χ2n) is 17.8. The molecular formula is C53H54N4O. The first-order valence-electron chi connectivity index (χ1n) is 21.9. The van der Waals surface area contributed by atoms with Gasteiger partial charge in [-0.05, 0) is 97.7 Å². The van der Waals surface area contributed by atoms with Gasteiger partial charge in [-0.3, -0.25) is 5.32 Å². The Morgan fingerprint density at radius 1 is 0.828 bits per heavy atom. The molecule has 3 aliphatic heterocycles. The minimum absolute atomic E-state index is 0.0931. The zero-order chi connectivity index (χ0) is 38.8. The number of aliphatic imine (C=N–C) groups is 1. The fourth-order valence-electron chi connectivity index (χ4n) is 11.6. The van der Waals surface area contributed by atoms with Crippen LogP contribution in [-0.4, -0.2) is 18.0 Å². The Morgan fingerprint density at radius 3 is 2.41 bits per heavy atom. The van der Waals surface area contributed by atoms with Crippen LogP contribution in [-0.2, 0) is 10.4 Å². The summed E-state index contributed by atoms with van der Waals surface area (Å²) in [6.07, 6.45) is 20.5. The van der Waals surface area contributed by atoms with Gasteiger partial charge in [0.05, 0.1) is 6.04 Å². The lowest BCUT2D eigenvalue weighted by Gasteiger charge is -2.45. The van der Waals surface area contributed by atoms with Crippen LogP contribution in [0.4, 0.5) is 5.69 Å². The average Bonchev–Trinajstić information content (AvgIpc) is 3.83. The maximum absolute atomic E-state index is 7.45. The molecule has 0 spiro atoms. The van der Waals surface area contributed by atoms with Crippen LogP contribution >= 0.6 is 0 Å². The molecule has 4 aliphatic carbocycles. The molecule has 292 valence electrons. The van der Waals surface area contributed by atoms with Crippen LogP contribution < -0.4 is 15.5 Å². The van der Waals surface area contributed by atoms with Crippen molar-refractivity contribution in [3.63, 3.8) is 0 Å². The van der Waals surface area contributed by atoms with Gasteiger partial charge in [0.15, 0.2) is 0 Å². The van der Waals surface area contributed by atoms with Crippen molar-refractivity contribution in [3.8, 4) is 0 Å². The van der Waals surface area contributed by atoms with Crippen molar-refractivity contribution in [1.29, 1.82) is 0 Å². The van der Waals surface area contributed by atoms with Crippen LogP contribution in [0.3, 0.4) is 0 Å². The number of hydrogen-bond donors (Lipinski definition) is 2. The predicted molar refractivity (Wildman–Crippen MR) is 235 cm³/mol. The number of ether oxygens (including phenoxy) is 1. The molecule has 58 heavy (non-hydrogen) atoms. The number of rotatable bonds is 6. The summed E-state index contributed by atoms with van der Waals surface area (Å²) in [4.78, 5) is 8.05. The SMILES string of the molecule is CC1CCC2C3=C(CCC4=C3C3=CCCCC3N4c3ccccc3)OC2C1c1ccc(C2C=CC=CC2)cc1C1(C)NC(c2ccccc2)=NC(c2ccccc2)N1. The van der Waals surface area contributed by atoms with Crippen LogP contribution in [0.15, 0.2) is 173 Å². The normalized spacial score (nSPS) is 31.1. The summed E-state index contributed by atoms with van der Waals surface area (Å²) < 4.78 is 7.45. The number of nitrogens with zero attached hydrogens (tertiary/aromatic N) is 2. The van der Waals surface area contributed by atoms with Gasteiger partial charge in [-0.15, -0.1) is 0 Å². The van der Waals surface area contributed by atoms with Crippen LogP contribution in [0, 0.1) is 11.8 Å². The molecule has 8 unspecified atom stereocenters. The van der Waals surface area contributed by atoms with E-state index in [1.807, 2.05) is 0 Å². The molecule has 0 radical (unpaired) electrons. The van der Waals surface area contributed by atoms with E-state index in [1.54, 1.807) is 16.7 Å². The molecular weight excluding hydrogens is 709 g/mol. The Labute approximate surface area is 344 Å². The Kier molecular flexibility index (Phi) is 8.91. The molecule has 3 heterocycles. The molecule has 4 aromatic rings. The quantitative estimate of drug-likeness (QED) is 0.205. The molecule has 1 saturated carbocycles. The molecule has 2 N–H and O–H groups in total. The number of allylic oxidation sites excluding steroid dienone is 7. The van der Waals surface area contributed by atoms with Crippen molar-refractivity contribution < 1.29 is 4.74 Å². The third-order valence-electron chi connectivity index (χ3n) is 14.3. The number of hydrogen-bond acceptors (Lipinski definition) is 5. The standard InChI is InChI=1S/C53H54N4O/c1-34-27-29-42-49-46(32-31-45-48(49)41-25-15-16-26-44(41)57(45)39-23-13-6-14-24-39)58-50(42)47(34)40-30-28-38(35-17-7-3-8-18-35)33-43(40)53(2)55-51(36-19-9-4-10-20-36)54-52(56-53)37-21-11-5-12-22-37/h3-14,17,19-25,28,30,33-35,42,44,47,50-51,55H,15-16,18,26-27,29,31-32H2,1-2H3,(H,54,56). The van der Waals surface area contributed by atoms with Crippen molar-refractivity contribution in [1.82, 2.24) is 10.6 Å². The Hall–Kier alpha value is -5.39. The number of anilines is 1. The average molecular weight is 763 g/mol. The van der Waals surface area contributed by atoms with Crippen molar-refractivity contribution in [2.24, 2.45) is 16.8 Å². The highest BCUT2D eigenvalue weighted by Crippen LogP contribution is 2.59. The zero-order valence-electron chi connectivity index (χ0n) is 33.8. The molecule has 8 atom stereocenters. The highest BCUT2D eigenvalue weighted by molar-refractivity contribution is 6.00. The van der Waals surface area contributed by atoms with Gasteiger partial charge in [-0.25, -0.2) is 4.99 Å². The van der Waals surface area contributed by atoms with Crippen molar-refractivity contribution in [2.75, 3.05) is 4.90 Å². The first-order valence-corrected chi connectivity index (χ1v) is 21.9. The van der Waals surface area contributed by atoms with Crippen LogP contribution in [0.5, 0.6) is 0 Å². The summed E-state index contributed by atoms with van der Waals surface area (Å²) in [5.41, 5.74) is 13.2. The summed E-state index contributed by atoms with van der Waals surface area (Å²) >= 11 is 0. The van der Waals surface area contributed by atoms with E-state index in [9.17, 15) is 0 Å². The number of benzene rings is 4. The maximum atomic E-state index is 7.45. The van der Waals surface area contributed by atoms with Gasteiger partial charge in [-0.2, -0.15) is 0 Å². The molecule has 1 fully saturated rings. The van der Waals surface area contributed by atoms with E-state index in [0.717, 1.165) is 36.2 Å². The predicted octanol–water partition coefficient (Wildman–Crippen LogP) is 11.6. The van der Waals surface area contributed by atoms with Gasteiger partial charge < -0.3 is 15.0 Å². The van der Waals surface area contributed by atoms with Gasteiger partial charge in [0.1, 0.15) is 29.5 Å². The molecule has 0 aromatic heterocycles. The fraction of sp³-hybridized carbons (Fsp3) is 0.340. The largest absolute Gasteiger partial charge is 0.493 e. The molecule has 0 bridgehead atoms. The Morgan fingerprint density at radius 2 is 1.62 bits per heavy atom. The Balaban J connectivity index is 1.02. The van der Waals surface area contributed by atoms with E-state index in [2.05, 4.69) is 169 Å². The maximum Gasteiger partial charge on any atom is 0.132 e. The van der Waals surface area contributed by atoms with Gasteiger partial charge >= 0.3 is 0 Å². The van der Waals surface area contributed by atoms with Crippen LogP contribution in [0.1, 0.15) is 111 Å². The highest BCUT2D eigenvalue weighted by atomic mass is 16.5. The lowest BCUT2D eigenvalue weighted by Crippen LogP contribution is -2.59. The molecule has 0 saturated heterocycles. The summed E-state index contributed by atoms with van der Waals surface area (Å²) in [7, 11) is 0. The Bertz CT molecular complexity index is 2410. The molecule has 5 heteroatoms. The van der Waals surface area contributed by atoms with E-state index >= 15 is 0 Å². The van der Waals surface area contributed by atoms with Gasteiger partial charge in [0.25, 0.3) is 0 Å². The van der Waals surface area contributed by atoms with Crippen molar-refractivity contribution in [3.05, 3.63) is 196 Å². The van der Waals surface area contributed by atoms with Gasteiger partial charge in [0.2, 0.25) is 0 Å². The van der Waals surface area contributed by atoms with Crippen molar-refractivity contribution in [2.45, 2.75) is 101 Å².